The summed E-state index contributed by atoms with van der Waals surface area (Å²) in [5, 5.41) is 7.39. The molecule has 1 aromatic heterocycles. The van der Waals surface area contributed by atoms with Gasteiger partial charge >= 0.3 is 18.5 Å². The average Bonchev–Trinajstić information content (AvgIpc) is 2.72. The maximum Gasteiger partial charge on any atom is 0.573 e. The Balaban J connectivity index is 1.98. The van der Waals surface area contributed by atoms with Gasteiger partial charge in [-0.1, -0.05) is 18.2 Å². The Hall–Kier alpha value is -3.90. The van der Waals surface area contributed by atoms with Crippen LogP contribution in [0, 0.1) is 0 Å². The van der Waals surface area contributed by atoms with Crippen molar-refractivity contribution in [3.05, 3.63) is 59.8 Å². The molecule has 2 aromatic carbocycles. The van der Waals surface area contributed by atoms with Crippen molar-refractivity contribution < 1.29 is 45.3 Å². The summed E-state index contributed by atoms with van der Waals surface area (Å²) < 4.78 is 89.8. The lowest BCUT2D eigenvalue weighted by Crippen LogP contribution is -2.17. The van der Waals surface area contributed by atoms with Gasteiger partial charge in [0.2, 0.25) is 5.69 Å². The van der Waals surface area contributed by atoms with Gasteiger partial charge in [-0.3, -0.25) is 0 Å². The first-order valence-corrected chi connectivity index (χ1v) is 9.09. The Morgan fingerprint density at radius 1 is 0.939 bits per heavy atom. The molecule has 0 radical (unpaired) electrons. The molecule has 0 aliphatic rings. The molecule has 3 aromatic rings. The van der Waals surface area contributed by atoms with Gasteiger partial charge in [-0.05, 0) is 31.2 Å². The number of carbonyl (C=O) groups excluding carboxylic acids is 1. The third-order valence-electron chi connectivity index (χ3n) is 3.85. The average molecular weight is 473 g/mol. The molecule has 0 N–H and O–H groups in total. The van der Waals surface area contributed by atoms with Crippen LogP contribution in [0.5, 0.6) is 17.4 Å². The van der Waals surface area contributed by atoms with E-state index in [1.165, 1.54) is 19.1 Å². The fraction of sp³-hybridized carbons (Fsp3) is 0.200. The van der Waals surface area contributed by atoms with Crippen molar-refractivity contribution in [1.29, 1.82) is 0 Å². The minimum atomic E-state index is -4.94. The Labute approximate surface area is 181 Å². The van der Waals surface area contributed by atoms with Crippen LogP contribution < -0.4 is 9.47 Å². The van der Waals surface area contributed by atoms with E-state index in [0.29, 0.717) is 0 Å². The second-order valence-corrected chi connectivity index (χ2v) is 6.21. The number of halogens is 6. The Morgan fingerprint density at radius 3 is 2.21 bits per heavy atom. The fourth-order valence-electron chi connectivity index (χ4n) is 2.49. The first kappa shape index (κ1) is 23.8. The summed E-state index contributed by atoms with van der Waals surface area (Å²) >= 11 is 0. The van der Waals surface area contributed by atoms with Crippen LogP contribution in [0.1, 0.15) is 23.0 Å². The van der Waals surface area contributed by atoms with Gasteiger partial charge in [0.25, 0.3) is 5.88 Å². The number of ether oxygens (including phenoxy) is 3. The van der Waals surface area contributed by atoms with Gasteiger partial charge < -0.3 is 14.2 Å². The minimum absolute atomic E-state index is 0.0322. The van der Waals surface area contributed by atoms with Gasteiger partial charge in [0.15, 0.2) is 5.82 Å². The van der Waals surface area contributed by atoms with Gasteiger partial charge in [0.1, 0.15) is 11.5 Å². The lowest BCUT2D eigenvalue weighted by atomic mass is 10.1. The predicted molar refractivity (Wildman–Crippen MR) is 99.4 cm³/mol. The SMILES string of the molecule is CCOC(=O)c1nnc(-c2ccc(C(F)(F)F)cc2)nc1Oc1cccc(OC(F)(F)F)c1. The van der Waals surface area contributed by atoms with E-state index >= 15 is 0 Å². The molecular weight excluding hydrogens is 460 g/mol. The highest BCUT2D eigenvalue weighted by Crippen LogP contribution is 2.32. The van der Waals surface area contributed by atoms with Gasteiger partial charge in [-0.25, -0.2) is 4.79 Å². The Bertz CT molecular complexity index is 1130. The second kappa shape index (κ2) is 9.30. The molecule has 13 heteroatoms. The third kappa shape index (κ3) is 6.30. The molecule has 0 fully saturated rings. The van der Waals surface area contributed by atoms with Gasteiger partial charge in [0, 0.05) is 11.6 Å². The molecule has 0 unspecified atom stereocenters. The topological polar surface area (TPSA) is 83.4 Å². The second-order valence-electron chi connectivity index (χ2n) is 6.21. The number of carbonyl (C=O) groups is 1. The van der Waals surface area contributed by atoms with E-state index in [1.807, 2.05) is 0 Å². The molecule has 1 heterocycles. The number of hydrogen-bond acceptors (Lipinski definition) is 7. The van der Waals surface area contributed by atoms with Crippen molar-refractivity contribution >= 4 is 5.97 Å². The van der Waals surface area contributed by atoms with E-state index in [0.717, 1.165) is 36.4 Å². The molecule has 0 aliphatic heterocycles. The maximum atomic E-state index is 12.8. The molecule has 0 saturated heterocycles. The predicted octanol–water partition coefficient (Wildman–Crippen LogP) is 5.43. The lowest BCUT2D eigenvalue weighted by Gasteiger charge is -2.12. The van der Waals surface area contributed by atoms with Crippen molar-refractivity contribution in [3.63, 3.8) is 0 Å². The zero-order valence-corrected chi connectivity index (χ0v) is 16.6. The van der Waals surface area contributed by atoms with Crippen LogP contribution >= 0.6 is 0 Å². The molecule has 0 atom stereocenters. The minimum Gasteiger partial charge on any atom is -0.461 e. The summed E-state index contributed by atoms with van der Waals surface area (Å²) in [6.45, 7) is 1.49. The van der Waals surface area contributed by atoms with Gasteiger partial charge in [-0.2, -0.15) is 18.2 Å². The first-order valence-electron chi connectivity index (χ1n) is 9.09. The van der Waals surface area contributed by atoms with E-state index in [1.54, 1.807) is 0 Å². The number of nitrogens with zero attached hydrogens (tertiary/aromatic N) is 3. The number of hydrogen-bond donors (Lipinski definition) is 0. The van der Waals surface area contributed by atoms with Crippen LogP contribution in [0.3, 0.4) is 0 Å². The van der Waals surface area contributed by atoms with Gasteiger partial charge in [0.05, 0.1) is 12.2 Å². The van der Waals surface area contributed by atoms with Crippen molar-refractivity contribution in [1.82, 2.24) is 15.2 Å². The molecule has 0 bridgehead atoms. The van der Waals surface area contributed by atoms with Crippen LogP contribution in [-0.2, 0) is 10.9 Å². The zero-order valence-electron chi connectivity index (χ0n) is 16.6. The van der Waals surface area contributed by atoms with Crippen molar-refractivity contribution in [2.24, 2.45) is 0 Å². The highest BCUT2D eigenvalue weighted by Gasteiger charge is 2.32. The van der Waals surface area contributed by atoms with Crippen LogP contribution in [0.2, 0.25) is 0 Å². The van der Waals surface area contributed by atoms with Crippen LogP contribution in [-0.4, -0.2) is 34.1 Å². The fourth-order valence-corrected chi connectivity index (χ4v) is 2.49. The number of benzene rings is 2. The summed E-state index contributed by atoms with van der Waals surface area (Å²) in [4.78, 5) is 16.2. The molecule has 0 aliphatic carbocycles. The Kier molecular flexibility index (Phi) is 6.70. The normalized spacial score (nSPS) is 11.7. The smallest absolute Gasteiger partial charge is 0.461 e. The largest absolute Gasteiger partial charge is 0.573 e. The highest BCUT2D eigenvalue weighted by molar-refractivity contribution is 5.89. The molecule has 0 spiro atoms. The zero-order chi connectivity index (χ0) is 24.2. The summed E-state index contributed by atoms with van der Waals surface area (Å²) in [6.07, 6.45) is -9.50. The number of esters is 1. The van der Waals surface area contributed by atoms with E-state index in [2.05, 4.69) is 19.9 Å². The number of alkyl halides is 6. The molecule has 0 amide bonds. The van der Waals surface area contributed by atoms with Crippen LogP contribution in [0.15, 0.2) is 48.5 Å². The summed E-state index contributed by atoms with van der Waals surface area (Å²) in [7, 11) is 0. The number of rotatable bonds is 6. The molecule has 174 valence electrons. The van der Waals surface area contributed by atoms with Crippen LogP contribution in [0.25, 0.3) is 11.4 Å². The van der Waals surface area contributed by atoms with Crippen molar-refractivity contribution in [2.45, 2.75) is 19.5 Å². The monoisotopic (exact) mass is 473 g/mol. The van der Waals surface area contributed by atoms with Crippen molar-refractivity contribution in [2.75, 3.05) is 6.61 Å². The molecule has 33 heavy (non-hydrogen) atoms. The maximum absolute atomic E-state index is 12.8. The molecule has 0 saturated carbocycles. The quantitative estimate of drug-likeness (QED) is 0.349. The first-order chi connectivity index (χ1) is 15.5. The van der Waals surface area contributed by atoms with Crippen LogP contribution in [0.4, 0.5) is 26.3 Å². The van der Waals surface area contributed by atoms with E-state index < -0.39 is 41.4 Å². The highest BCUT2D eigenvalue weighted by atomic mass is 19.4. The molecule has 3 rings (SSSR count). The molecule has 7 nitrogen and oxygen atoms in total. The summed E-state index contributed by atoms with van der Waals surface area (Å²) in [6, 6.07) is 8.16. The van der Waals surface area contributed by atoms with Crippen molar-refractivity contribution in [3.8, 4) is 28.8 Å². The Morgan fingerprint density at radius 2 is 1.61 bits per heavy atom. The summed E-state index contributed by atoms with van der Waals surface area (Å²) in [5.41, 5.74) is -1.28. The standard InChI is InChI=1S/C20H13F6N3O4/c1-2-31-18(30)15-17(32-13-4-3-5-14(10-13)33-20(24,25)26)27-16(29-28-15)11-6-8-12(9-7-11)19(21,22)23/h3-10H,2H2,1H3. The summed E-state index contributed by atoms with van der Waals surface area (Å²) in [5.74, 6) is -2.45. The lowest BCUT2D eigenvalue weighted by molar-refractivity contribution is -0.274. The molecular formula is C20H13F6N3O4. The van der Waals surface area contributed by atoms with E-state index in [-0.39, 0.29) is 23.7 Å². The van der Waals surface area contributed by atoms with E-state index in [9.17, 15) is 31.1 Å². The van der Waals surface area contributed by atoms with E-state index in [4.69, 9.17) is 9.47 Å². The van der Waals surface area contributed by atoms with Gasteiger partial charge in [-0.15, -0.1) is 23.4 Å². The number of aromatic nitrogens is 3. The third-order valence-corrected chi connectivity index (χ3v) is 3.85.